The van der Waals surface area contributed by atoms with Crippen LogP contribution in [0.15, 0.2) is 36.4 Å². The van der Waals surface area contributed by atoms with Gasteiger partial charge in [-0.3, -0.25) is 19.7 Å². The second-order valence-electron chi connectivity index (χ2n) is 4.65. The van der Waals surface area contributed by atoms with E-state index in [-0.39, 0.29) is 29.1 Å². The number of hydrogen-bond acceptors (Lipinski definition) is 5. The Morgan fingerprint density at radius 2 is 1.52 bits per heavy atom. The third-order valence-corrected chi connectivity index (χ3v) is 3.48. The second-order valence-corrected chi connectivity index (χ2v) is 4.65. The molecule has 0 heterocycles. The van der Waals surface area contributed by atoms with Crippen LogP contribution in [0.25, 0.3) is 0 Å². The molecule has 0 saturated carbocycles. The Labute approximate surface area is 135 Å². The number of carboxylic acids is 1. The first-order valence-electron chi connectivity index (χ1n) is 6.16. The minimum Gasteiger partial charge on any atom is -0.477 e. The summed E-state index contributed by atoms with van der Waals surface area (Å²) in [7, 11) is 0. The summed E-state index contributed by atoms with van der Waals surface area (Å²) in [5, 5.41) is 20.3. The highest BCUT2D eigenvalue weighted by atomic mass is 35.5. The summed E-state index contributed by atoms with van der Waals surface area (Å²) in [6.45, 7) is 0. The Bertz CT molecular complexity index is 890. The van der Waals surface area contributed by atoms with E-state index >= 15 is 0 Å². The van der Waals surface area contributed by atoms with Gasteiger partial charge in [0.25, 0.3) is 5.69 Å². The molecule has 0 aromatic heterocycles. The van der Waals surface area contributed by atoms with E-state index in [1.807, 2.05) is 0 Å². The molecule has 3 rings (SSSR count). The lowest BCUT2D eigenvalue weighted by Crippen LogP contribution is -2.23. The number of nitro benzene ring substituents is 1. The van der Waals surface area contributed by atoms with Gasteiger partial charge in [0.2, 0.25) is 5.78 Å². The normalized spacial score (nSPS) is 12.0. The average Bonchev–Trinajstić information content (AvgIpc) is 2.51. The maximum Gasteiger partial charge on any atom is 0.342 e. The summed E-state index contributed by atoms with van der Waals surface area (Å²) in [6, 6.07) is 8.06. The van der Waals surface area contributed by atoms with Gasteiger partial charge in [0.05, 0.1) is 4.92 Å². The molecular formula is C15H8ClNO6. The van der Waals surface area contributed by atoms with Crippen LogP contribution in [-0.2, 0) is 0 Å². The molecule has 1 N–H and O–H groups in total. The fourth-order valence-electron chi connectivity index (χ4n) is 2.53. The van der Waals surface area contributed by atoms with Crippen LogP contribution in [0.4, 0.5) is 5.69 Å². The van der Waals surface area contributed by atoms with E-state index in [1.165, 1.54) is 18.2 Å². The zero-order valence-corrected chi connectivity index (χ0v) is 12.1. The molecule has 23 heavy (non-hydrogen) atoms. The monoisotopic (exact) mass is 333 g/mol. The van der Waals surface area contributed by atoms with Gasteiger partial charge in [-0.1, -0.05) is 24.3 Å². The van der Waals surface area contributed by atoms with Crippen LogP contribution in [0, 0.1) is 10.1 Å². The predicted molar refractivity (Wildman–Crippen MR) is 80.6 cm³/mol. The van der Waals surface area contributed by atoms with Gasteiger partial charge in [0.1, 0.15) is 11.1 Å². The van der Waals surface area contributed by atoms with Gasteiger partial charge in [0.15, 0.2) is 5.78 Å². The van der Waals surface area contributed by atoms with Crippen molar-refractivity contribution < 1.29 is 24.4 Å². The number of aromatic carboxylic acids is 1. The molecule has 0 atom stereocenters. The molecule has 0 fully saturated rings. The molecular weight excluding hydrogens is 326 g/mol. The molecule has 0 unspecified atom stereocenters. The molecule has 1 aliphatic rings. The van der Waals surface area contributed by atoms with Crippen molar-refractivity contribution in [2.45, 2.75) is 0 Å². The number of hydrogen-bond donors (Lipinski definition) is 1. The van der Waals surface area contributed by atoms with Crippen molar-refractivity contribution in [3.05, 3.63) is 74.3 Å². The molecule has 0 amide bonds. The molecule has 2 aromatic carbocycles. The van der Waals surface area contributed by atoms with Gasteiger partial charge in [-0.2, -0.15) is 0 Å². The molecule has 116 valence electrons. The number of ketones is 2. The third-order valence-electron chi connectivity index (χ3n) is 3.48. The van der Waals surface area contributed by atoms with Gasteiger partial charge >= 0.3 is 5.97 Å². The van der Waals surface area contributed by atoms with Crippen LogP contribution in [0.5, 0.6) is 0 Å². The predicted octanol–water partition coefficient (Wildman–Crippen LogP) is 2.49. The molecule has 0 bridgehead atoms. The zero-order chi connectivity index (χ0) is 16.0. The van der Waals surface area contributed by atoms with Crippen molar-refractivity contribution in [1.29, 1.82) is 0 Å². The summed E-state index contributed by atoms with van der Waals surface area (Å²) in [6.07, 6.45) is 0. The van der Waals surface area contributed by atoms with Gasteiger partial charge in [0, 0.05) is 16.7 Å². The fraction of sp³-hybridized carbons (Fsp3) is 0. The molecule has 0 saturated heterocycles. The largest absolute Gasteiger partial charge is 0.477 e. The Balaban J connectivity index is 0.00000192. The van der Waals surface area contributed by atoms with Crippen molar-refractivity contribution in [2.24, 2.45) is 0 Å². The third kappa shape index (κ3) is 2.27. The van der Waals surface area contributed by atoms with Crippen molar-refractivity contribution in [2.75, 3.05) is 0 Å². The minimum atomic E-state index is -1.53. The first-order valence-corrected chi connectivity index (χ1v) is 6.16. The van der Waals surface area contributed by atoms with E-state index in [0.29, 0.717) is 0 Å². The maximum atomic E-state index is 12.5. The highest BCUT2D eigenvalue weighted by molar-refractivity contribution is 6.30. The van der Waals surface area contributed by atoms with Crippen LogP contribution in [0.1, 0.15) is 42.2 Å². The number of nitro groups is 1. The summed E-state index contributed by atoms with van der Waals surface area (Å²) < 4.78 is 0. The van der Waals surface area contributed by atoms with Gasteiger partial charge < -0.3 is 5.11 Å². The molecule has 0 aliphatic heterocycles. The van der Waals surface area contributed by atoms with Crippen molar-refractivity contribution in [3.8, 4) is 0 Å². The average molecular weight is 334 g/mol. The van der Waals surface area contributed by atoms with Crippen LogP contribution >= 0.6 is 12.4 Å². The van der Waals surface area contributed by atoms with Gasteiger partial charge in [-0.05, 0) is 12.1 Å². The van der Waals surface area contributed by atoms with E-state index in [1.54, 1.807) is 6.07 Å². The highest BCUT2D eigenvalue weighted by Crippen LogP contribution is 2.35. The number of carbonyl (C=O) groups excluding carboxylic acids is 2. The smallest absolute Gasteiger partial charge is 0.342 e. The zero-order valence-electron chi connectivity index (χ0n) is 11.3. The number of carboxylic acid groups (broad SMARTS) is 1. The standard InChI is InChI=1S/C15H7NO6.ClH/c17-13-7-3-1-2-4-8(7)14(18)11-9(13)5-6-10(15(19)20)12(11)16(21)22;/h1-6H,(H,19,20);1H. The summed E-state index contributed by atoms with van der Waals surface area (Å²) >= 11 is 0. The Morgan fingerprint density at radius 1 is 0.957 bits per heavy atom. The number of rotatable bonds is 2. The second kappa shape index (κ2) is 5.62. The number of benzene rings is 2. The van der Waals surface area contributed by atoms with E-state index in [4.69, 9.17) is 5.11 Å². The van der Waals surface area contributed by atoms with Crippen LogP contribution < -0.4 is 0 Å². The Morgan fingerprint density at radius 3 is 2.04 bits per heavy atom. The summed E-state index contributed by atoms with van der Waals surface area (Å²) in [5.41, 5.74) is -1.90. The molecule has 7 nitrogen and oxygen atoms in total. The maximum absolute atomic E-state index is 12.5. The quantitative estimate of drug-likeness (QED) is 0.569. The fourth-order valence-corrected chi connectivity index (χ4v) is 2.53. The first kappa shape index (κ1) is 16.3. The molecule has 1 aliphatic carbocycles. The van der Waals surface area contributed by atoms with Crippen molar-refractivity contribution in [3.63, 3.8) is 0 Å². The van der Waals surface area contributed by atoms with Crippen LogP contribution in [0.3, 0.4) is 0 Å². The van der Waals surface area contributed by atoms with Crippen LogP contribution in [0.2, 0.25) is 0 Å². The number of carbonyl (C=O) groups is 3. The molecule has 0 spiro atoms. The minimum absolute atomic E-state index is 0. The highest BCUT2D eigenvalue weighted by Gasteiger charge is 2.38. The van der Waals surface area contributed by atoms with Gasteiger partial charge in [-0.15, -0.1) is 12.4 Å². The topological polar surface area (TPSA) is 115 Å². The lowest BCUT2D eigenvalue weighted by Gasteiger charge is -2.17. The van der Waals surface area contributed by atoms with E-state index in [9.17, 15) is 24.5 Å². The van der Waals surface area contributed by atoms with Crippen molar-refractivity contribution in [1.82, 2.24) is 0 Å². The van der Waals surface area contributed by atoms with Crippen molar-refractivity contribution >= 4 is 35.6 Å². The first-order chi connectivity index (χ1) is 10.4. The lowest BCUT2D eigenvalue weighted by atomic mass is 9.82. The van der Waals surface area contributed by atoms with E-state index < -0.39 is 39.3 Å². The summed E-state index contributed by atoms with van der Waals surface area (Å²) in [4.78, 5) is 46.3. The Hall–Kier alpha value is -3.06. The molecule has 8 heteroatoms. The van der Waals surface area contributed by atoms with Crippen LogP contribution in [-0.4, -0.2) is 27.6 Å². The molecule has 0 radical (unpaired) electrons. The van der Waals surface area contributed by atoms with Gasteiger partial charge in [-0.25, -0.2) is 4.79 Å². The lowest BCUT2D eigenvalue weighted by molar-refractivity contribution is -0.385. The molecule has 2 aromatic rings. The number of halogens is 1. The van der Waals surface area contributed by atoms with E-state index in [2.05, 4.69) is 0 Å². The SMILES string of the molecule is Cl.O=C1c2ccccc2C(=O)c2c1ccc(C(=O)O)c2[N+](=O)[O-]. The Kier molecular flexibility index (Phi) is 3.98. The summed E-state index contributed by atoms with van der Waals surface area (Å²) in [5.74, 6) is -2.79. The van der Waals surface area contributed by atoms with E-state index in [0.717, 1.165) is 12.1 Å². The number of fused-ring (bicyclic) bond motifs is 2. The number of nitrogens with zero attached hydrogens (tertiary/aromatic N) is 1.